The molecular weight excluding hydrogens is 342 g/mol. The van der Waals surface area contributed by atoms with Gasteiger partial charge < -0.3 is 5.73 Å². The molecule has 0 unspecified atom stereocenters. The fraction of sp³-hybridized carbons (Fsp3) is 0.308. The minimum absolute atomic E-state index is 0.204. The van der Waals surface area contributed by atoms with Crippen molar-refractivity contribution in [3.8, 4) is 0 Å². The van der Waals surface area contributed by atoms with Gasteiger partial charge in [-0.15, -0.1) is 5.10 Å². The van der Waals surface area contributed by atoms with E-state index in [1.54, 1.807) is 24.3 Å². The van der Waals surface area contributed by atoms with Gasteiger partial charge in [-0.2, -0.15) is 9.07 Å². The van der Waals surface area contributed by atoms with Crippen LogP contribution in [0.5, 0.6) is 0 Å². The molecule has 2 amide bonds. The number of hydrogen-bond acceptors (Lipinski definition) is 5. The van der Waals surface area contributed by atoms with Crippen molar-refractivity contribution in [1.29, 1.82) is 0 Å². The van der Waals surface area contributed by atoms with E-state index < -0.39 is 6.03 Å². The number of para-hydroxylation sites is 1. The van der Waals surface area contributed by atoms with Gasteiger partial charge in [-0.25, -0.2) is 9.69 Å². The number of nitrogens with zero attached hydrogens (tertiary/aromatic N) is 4. The third-order valence-electron chi connectivity index (χ3n) is 2.61. The van der Waals surface area contributed by atoms with Crippen molar-refractivity contribution in [3.05, 3.63) is 29.3 Å². The summed E-state index contributed by atoms with van der Waals surface area (Å²) in [6.45, 7) is 4.20. The molecule has 0 aliphatic heterocycles. The van der Waals surface area contributed by atoms with Crippen molar-refractivity contribution >= 4 is 53.8 Å². The lowest BCUT2D eigenvalue weighted by Gasteiger charge is -2.19. The highest BCUT2D eigenvalue weighted by Gasteiger charge is 2.24. The molecule has 0 saturated carbocycles. The molecule has 1 aromatic carbocycles. The summed E-state index contributed by atoms with van der Waals surface area (Å²) in [5.41, 5.74) is 5.91. The van der Waals surface area contributed by atoms with Crippen LogP contribution >= 0.6 is 36.2 Å². The Hall–Kier alpha value is -1.38. The maximum atomic E-state index is 11.8. The van der Waals surface area contributed by atoms with Crippen LogP contribution in [-0.4, -0.2) is 26.0 Å². The molecule has 0 radical (unpaired) electrons. The molecule has 1 heterocycles. The number of amides is 2. The van der Waals surface area contributed by atoms with Gasteiger partial charge in [0.15, 0.2) is 0 Å². The number of halogens is 1. The molecule has 2 rings (SSSR count). The Morgan fingerprint density at radius 3 is 2.77 bits per heavy atom. The monoisotopic (exact) mass is 357 g/mol. The van der Waals surface area contributed by atoms with E-state index in [0.717, 1.165) is 5.75 Å². The fourth-order valence-corrected chi connectivity index (χ4v) is 2.95. The first-order valence-corrected chi connectivity index (χ1v) is 8.29. The Bertz CT molecular complexity index is 676. The molecule has 0 aliphatic carbocycles. The summed E-state index contributed by atoms with van der Waals surface area (Å²) >= 11 is 11.8. The number of aromatic nitrogens is 3. The molecule has 0 aliphatic rings. The lowest BCUT2D eigenvalue weighted by atomic mass is 10.3. The minimum atomic E-state index is -0.712. The highest BCUT2D eigenvalue weighted by atomic mass is 35.5. The molecule has 6 nitrogen and oxygen atoms in total. The highest BCUT2D eigenvalue weighted by Crippen LogP contribution is 2.32. The maximum absolute atomic E-state index is 11.8. The van der Waals surface area contributed by atoms with Gasteiger partial charge in [-0.05, 0) is 30.9 Å². The first kappa shape index (κ1) is 17.0. The Morgan fingerprint density at radius 2 is 2.18 bits per heavy atom. The van der Waals surface area contributed by atoms with Gasteiger partial charge >= 0.3 is 6.03 Å². The zero-order valence-electron chi connectivity index (χ0n) is 12.1. The molecule has 2 aromatic rings. The smallest absolute Gasteiger partial charge is 0.326 e. The molecule has 1 aromatic heterocycles. The number of carbonyl (C=O) groups excluding carboxylic acids is 1. The second-order valence-corrected chi connectivity index (χ2v) is 6.69. The van der Waals surface area contributed by atoms with Gasteiger partial charge in [0.2, 0.25) is 11.1 Å². The fourth-order valence-electron chi connectivity index (χ4n) is 1.68. The molecule has 0 bridgehead atoms. The molecule has 0 saturated heterocycles. The van der Waals surface area contributed by atoms with E-state index in [9.17, 15) is 4.79 Å². The largest absolute Gasteiger partial charge is 0.351 e. The van der Waals surface area contributed by atoms with Crippen LogP contribution in [0, 0.1) is 5.92 Å². The van der Waals surface area contributed by atoms with Gasteiger partial charge in [0.05, 0.1) is 10.7 Å². The molecule has 22 heavy (non-hydrogen) atoms. The highest BCUT2D eigenvalue weighted by molar-refractivity contribution is 7.99. The number of rotatable bonds is 5. The quantitative estimate of drug-likeness (QED) is 0.633. The zero-order chi connectivity index (χ0) is 16.3. The predicted molar refractivity (Wildman–Crippen MR) is 93.1 cm³/mol. The van der Waals surface area contributed by atoms with Crippen molar-refractivity contribution in [3.63, 3.8) is 0 Å². The molecule has 0 fully saturated rings. The van der Waals surface area contributed by atoms with Crippen LogP contribution in [0.2, 0.25) is 5.02 Å². The second kappa shape index (κ2) is 7.26. The van der Waals surface area contributed by atoms with E-state index in [2.05, 4.69) is 36.7 Å². The molecule has 2 N–H and O–H groups in total. The first-order chi connectivity index (χ1) is 10.4. The van der Waals surface area contributed by atoms with Crippen molar-refractivity contribution < 1.29 is 4.79 Å². The normalized spacial score (nSPS) is 11.0. The summed E-state index contributed by atoms with van der Waals surface area (Å²) in [5.74, 6) is 1.56. The number of carbonyl (C=O) groups is 1. The Labute approximate surface area is 143 Å². The number of hydrogen-bond donors (Lipinski definition) is 2. The average molecular weight is 358 g/mol. The summed E-state index contributed by atoms with van der Waals surface area (Å²) < 4.78 is 1.22. The van der Waals surface area contributed by atoms with Crippen LogP contribution in [-0.2, 0) is 0 Å². The number of urea groups is 1. The molecule has 0 spiro atoms. The second-order valence-electron chi connectivity index (χ2n) is 4.91. The number of primary amides is 1. The van der Waals surface area contributed by atoms with Crippen LogP contribution in [0.1, 0.15) is 13.8 Å². The minimum Gasteiger partial charge on any atom is -0.351 e. The van der Waals surface area contributed by atoms with Gasteiger partial charge in [-0.3, -0.25) is 0 Å². The van der Waals surface area contributed by atoms with E-state index >= 15 is 0 Å². The van der Waals surface area contributed by atoms with Crippen molar-refractivity contribution in [2.24, 2.45) is 11.7 Å². The van der Waals surface area contributed by atoms with Crippen LogP contribution < -0.4 is 10.6 Å². The third kappa shape index (κ3) is 3.88. The lowest BCUT2D eigenvalue weighted by Crippen LogP contribution is -2.33. The third-order valence-corrected chi connectivity index (χ3v) is 4.47. The van der Waals surface area contributed by atoms with Crippen molar-refractivity contribution in [2.75, 3.05) is 10.7 Å². The van der Waals surface area contributed by atoms with E-state index in [0.29, 0.717) is 21.8 Å². The van der Waals surface area contributed by atoms with Crippen LogP contribution in [0.15, 0.2) is 29.4 Å². The van der Waals surface area contributed by atoms with Crippen LogP contribution in [0.3, 0.4) is 0 Å². The first-order valence-electron chi connectivity index (χ1n) is 6.53. The van der Waals surface area contributed by atoms with Gasteiger partial charge in [0.25, 0.3) is 0 Å². The Morgan fingerprint density at radius 1 is 1.50 bits per heavy atom. The lowest BCUT2D eigenvalue weighted by molar-refractivity contribution is 0.255. The van der Waals surface area contributed by atoms with E-state index in [1.165, 1.54) is 20.7 Å². The number of benzene rings is 1. The summed E-state index contributed by atoms with van der Waals surface area (Å²) in [5, 5.41) is 5.09. The van der Waals surface area contributed by atoms with E-state index in [4.69, 9.17) is 17.3 Å². The van der Waals surface area contributed by atoms with E-state index in [1.807, 2.05) is 0 Å². The summed E-state index contributed by atoms with van der Waals surface area (Å²) in [4.78, 5) is 17.4. The zero-order valence-corrected chi connectivity index (χ0v) is 14.6. The Kier molecular flexibility index (Phi) is 5.60. The standard InChI is InChI=1S/C13H16ClN5OS2/c1-8(2)7-22-12-16-13(19(21)17-12)18(11(15)20)10-6-4-3-5-9(10)14/h3-6,8,21H,7H2,1-2H3,(H2,15,20). The summed E-state index contributed by atoms with van der Waals surface area (Å²) in [6.07, 6.45) is 0. The van der Waals surface area contributed by atoms with Crippen molar-refractivity contribution in [1.82, 2.24) is 14.2 Å². The van der Waals surface area contributed by atoms with Gasteiger partial charge in [0.1, 0.15) is 0 Å². The van der Waals surface area contributed by atoms with Gasteiger partial charge in [0, 0.05) is 5.75 Å². The van der Waals surface area contributed by atoms with Crippen molar-refractivity contribution in [2.45, 2.75) is 19.0 Å². The molecule has 0 atom stereocenters. The summed E-state index contributed by atoms with van der Waals surface area (Å²) in [7, 11) is 0. The topological polar surface area (TPSA) is 77.0 Å². The number of anilines is 2. The van der Waals surface area contributed by atoms with Crippen LogP contribution in [0.25, 0.3) is 0 Å². The average Bonchev–Trinajstić information content (AvgIpc) is 2.80. The SMILES string of the molecule is CC(C)CSc1nc(N(C(N)=O)c2ccccc2Cl)n(S)n1. The number of nitrogens with two attached hydrogens (primary N) is 1. The van der Waals surface area contributed by atoms with Gasteiger partial charge in [-0.1, -0.05) is 49.3 Å². The molecule has 118 valence electrons. The maximum Gasteiger partial charge on any atom is 0.326 e. The van der Waals surface area contributed by atoms with Crippen LogP contribution in [0.4, 0.5) is 16.4 Å². The molecule has 9 heteroatoms. The number of thioether (sulfide) groups is 1. The summed E-state index contributed by atoms with van der Waals surface area (Å²) in [6, 6.07) is 6.15. The number of thiol groups is 1. The Balaban J connectivity index is 2.38. The van der Waals surface area contributed by atoms with E-state index in [-0.39, 0.29) is 5.95 Å². The predicted octanol–water partition coefficient (Wildman–Crippen LogP) is 3.59. The molecular formula is C13H16ClN5OS2.